The Morgan fingerprint density at radius 2 is 2.13 bits per heavy atom. The highest BCUT2D eigenvalue weighted by molar-refractivity contribution is 4.90. The molecule has 1 rings (SSSR count). The maximum Gasteiger partial charge on any atom is 0.0900 e. The van der Waals surface area contributed by atoms with Crippen LogP contribution in [0.4, 0.5) is 0 Å². The van der Waals surface area contributed by atoms with E-state index in [0.29, 0.717) is 6.04 Å². The number of hydrogen-bond donors (Lipinski definition) is 1. The van der Waals surface area contributed by atoms with Gasteiger partial charge in [0.2, 0.25) is 0 Å². The molecule has 1 N–H and O–H groups in total. The number of β-amino-alcohol motifs (C(OH)–C–C–N with tert-alkyl or cyclic N) is 1. The predicted molar refractivity (Wildman–Crippen MR) is 64.1 cm³/mol. The molecule has 0 radical (unpaired) electrons. The highest BCUT2D eigenvalue weighted by Crippen LogP contribution is 2.23. The number of rotatable bonds is 4. The lowest BCUT2D eigenvalue weighted by atomic mass is 9.91. The van der Waals surface area contributed by atoms with Crippen LogP contribution in [0.3, 0.4) is 0 Å². The predicted octanol–water partition coefficient (Wildman–Crippen LogP) is 1.17. The van der Waals surface area contributed by atoms with E-state index in [9.17, 15) is 5.11 Å². The van der Waals surface area contributed by atoms with Gasteiger partial charge < -0.3 is 10.0 Å². The minimum absolute atomic E-state index is 0.495. The van der Waals surface area contributed by atoms with E-state index in [0.717, 1.165) is 38.9 Å². The van der Waals surface area contributed by atoms with Crippen LogP contribution in [-0.4, -0.2) is 60.3 Å². The molecular weight excluding hydrogens is 188 g/mol. The van der Waals surface area contributed by atoms with Crippen molar-refractivity contribution in [2.75, 3.05) is 33.7 Å². The highest BCUT2D eigenvalue weighted by Gasteiger charge is 2.34. The average molecular weight is 214 g/mol. The number of likely N-dealkylation sites (N-methyl/N-ethyl adjacent to an activating group) is 1. The SMILES string of the molecule is CCC(C)N1CCC[C@](O)(CN(C)C)C1. The van der Waals surface area contributed by atoms with Gasteiger partial charge in [-0.3, -0.25) is 4.90 Å². The lowest BCUT2D eigenvalue weighted by Gasteiger charge is -2.43. The van der Waals surface area contributed by atoms with Crippen molar-refractivity contribution in [1.82, 2.24) is 9.80 Å². The molecule has 1 heterocycles. The summed E-state index contributed by atoms with van der Waals surface area (Å²) in [6.45, 7) is 7.22. The first-order valence-electron chi connectivity index (χ1n) is 6.08. The molecule has 0 aromatic heterocycles. The third kappa shape index (κ3) is 3.74. The smallest absolute Gasteiger partial charge is 0.0900 e. The third-order valence-corrected chi connectivity index (χ3v) is 3.41. The summed E-state index contributed by atoms with van der Waals surface area (Å²) in [5, 5.41) is 10.5. The molecule has 0 saturated carbocycles. The summed E-state index contributed by atoms with van der Waals surface area (Å²) in [7, 11) is 4.06. The molecule has 0 spiro atoms. The van der Waals surface area contributed by atoms with E-state index in [1.807, 2.05) is 14.1 Å². The van der Waals surface area contributed by atoms with Crippen LogP contribution in [0.25, 0.3) is 0 Å². The van der Waals surface area contributed by atoms with Gasteiger partial charge in [-0.15, -0.1) is 0 Å². The Balaban J connectivity index is 2.54. The van der Waals surface area contributed by atoms with Crippen LogP contribution >= 0.6 is 0 Å². The Morgan fingerprint density at radius 1 is 1.47 bits per heavy atom. The molecule has 15 heavy (non-hydrogen) atoms. The molecule has 0 aliphatic carbocycles. The zero-order chi connectivity index (χ0) is 11.5. The Kier molecular flexibility index (Phi) is 4.56. The largest absolute Gasteiger partial charge is 0.387 e. The van der Waals surface area contributed by atoms with Gasteiger partial charge in [0.1, 0.15) is 0 Å². The summed E-state index contributed by atoms with van der Waals surface area (Å²) in [6, 6.07) is 0.596. The molecule has 3 nitrogen and oxygen atoms in total. The third-order valence-electron chi connectivity index (χ3n) is 3.41. The van der Waals surface area contributed by atoms with Gasteiger partial charge in [0.15, 0.2) is 0 Å². The van der Waals surface area contributed by atoms with Crippen molar-refractivity contribution >= 4 is 0 Å². The number of hydrogen-bond acceptors (Lipinski definition) is 3. The summed E-state index contributed by atoms with van der Waals surface area (Å²) in [5.74, 6) is 0. The van der Waals surface area contributed by atoms with Crippen LogP contribution < -0.4 is 0 Å². The maximum atomic E-state index is 10.5. The van der Waals surface area contributed by atoms with Gasteiger partial charge in [0, 0.05) is 19.1 Å². The minimum Gasteiger partial charge on any atom is -0.387 e. The van der Waals surface area contributed by atoms with E-state index >= 15 is 0 Å². The molecule has 90 valence electrons. The van der Waals surface area contributed by atoms with E-state index in [2.05, 4.69) is 23.6 Å². The van der Waals surface area contributed by atoms with Gasteiger partial charge in [-0.2, -0.15) is 0 Å². The van der Waals surface area contributed by atoms with Crippen molar-refractivity contribution in [3.8, 4) is 0 Å². The van der Waals surface area contributed by atoms with Gasteiger partial charge >= 0.3 is 0 Å². The molecule has 2 atom stereocenters. The molecule has 0 aromatic rings. The Labute approximate surface area is 94.1 Å². The van der Waals surface area contributed by atoms with E-state index in [1.54, 1.807) is 0 Å². The van der Waals surface area contributed by atoms with Crippen molar-refractivity contribution in [1.29, 1.82) is 0 Å². The van der Waals surface area contributed by atoms with E-state index < -0.39 is 5.60 Å². The molecule has 1 unspecified atom stereocenters. The fourth-order valence-corrected chi connectivity index (χ4v) is 2.50. The topological polar surface area (TPSA) is 26.7 Å². The van der Waals surface area contributed by atoms with Crippen LogP contribution in [0, 0.1) is 0 Å². The van der Waals surface area contributed by atoms with Gasteiger partial charge in [-0.25, -0.2) is 0 Å². The Bertz CT molecular complexity index is 196. The molecule has 1 aliphatic heterocycles. The summed E-state index contributed by atoms with van der Waals surface area (Å²) in [6.07, 6.45) is 3.23. The number of aliphatic hydroxyl groups is 1. The van der Waals surface area contributed by atoms with Crippen molar-refractivity contribution in [3.63, 3.8) is 0 Å². The van der Waals surface area contributed by atoms with Gasteiger partial charge in [0.25, 0.3) is 0 Å². The first-order chi connectivity index (χ1) is 6.97. The molecule has 1 fully saturated rings. The summed E-state index contributed by atoms with van der Waals surface area (Å²) in [5.41, 5.74) is -0.495. The normalized spacial score (nSPS) is 30.8. The van der Waals surface area contributed by atoms with Crippen LogP contribution in [-0.2, 0) is 0 Å². The monoisotopic (exact) mass is 214 g/mol. The van der Waals surface area contributed by atoms with Crippen molar-refractivity contribution in [3.05, 3.63) is 0 Å². The van der Waals surface area contributed by atoms with Gasteiger partial charge in [-0.1, -0.05) is 6.92 Å². The van der Waals surface area contributed by atoms with E-state index in [1.165, 1.54) is 0 Å². The number of likely N-dealkylation sites (tertiary alicyclic amines) is 1. The van der Waals surface area contributed by atoms with Crippen LogP contribution in [0.2, 0.25) is 0 Å². The molecule has 1 aliphatic rings. The quantitative estimate of drug-likeness (QED) is 0.761. The first-order valence-corrected chi connectivity index (χ1v) is 6.08. The van der Waals surface area contributed by atoms with Gasteiger partial charge in [-0.05, 0) is 46.8 Å². The van der Waals surface area contributed by atoms with Gasteiger partial charge in [0.05, 0.1) is 5.60 Å². The standard InChI is InChI=1S/C12H26N2O/c1-5-11(2)14-8-6-7-12(15,10-14)9-13(3)4/h11,15H,5-10H2,1-4H3/t11?,12-/m0/s1. The summed E-state index contributed by atoms with van der Waals surface area (Å²) >= 11 is 0. The zero-order valence-corrected chi connectivity index (χ0v) is 10.7. The minimum atomic E-state index is -0.495. The van der Waals surface area contributed by atoms with Crippen LogP contribution in [0.1, 0.15) is 33.1 Å². The fourth-order valence-electron chi connectivity index (χ4n) is 2.50. The second kappa shape index (κ2) is 5.28. The fraction of sp³-hybridized carbons (Fsp3) is 1.00. The van der Waals surface area contributed by atoms with Crippen molar-refractivity contribution in [2.24, 2.45) is 0 Å². The highest BCUT2D eigenvalue weighted by atomic mass is 16.3. The Morgan fingerprint density at radius 3 is 2.67 bits per heavy atom. The summed E-state index contributed by atoms with van der Waals surface area (Å²) in [4.78, 5) is 4.51. The molecular formula is C12H26N2O. The second-order valence-electron chi connectivity index (χ2n) is 5.29. The van der Waals surface area contributed by atoms with E-state index in [4.69, 9.17) is 0 Å². The number of nitrogens with zero attached hydrogens (tertiary/aromatic N) is 2. The van der Waals surface area contributed by atoms with Crippen LogP contribution in [0.15, 0.2) is 0 Å². The average Bonchev–Trinajstić information content (AvgIpc) is 2.14. The molecule has 0 aromatic carbocycles. The van der Waals surface area contributed by atoms with Crippen molar-refractivity contribution in [2.45, 2.75) is 44.8 Å². The Hall–Kier alpha value is -0.120. The molecule has 0 bridgehead atoms. The lowest BCUT2D eigenvalue weighted by molar-refractivity contribution is -0.0556. The van der Waals surface area contributed by atoms with E-state index in [-0.39, 0.29) is 0 Å². The first kappa shape index (κ1) is 12.9. The number of piperidine rings is 1. The summed E-state index contributed by atoms with van der Waals surface area (Å²) < 4.78 is 0. The zero-order valence-electron chi connectivity index (χ0n) is 10.7. The molecule has 3 heteroatoms. The molecule has 0 amide bonds. The molecule has 1 saturated heterocycles. The van der Waals surface area contributed by atoms with Crippen LogP contribution in [0.5, 0.6) is 0 Å². The second-order valence-corrected chi connectivity index (χ2v) is 5.29. The maximum absolute atomic E-state index is 10.5. The van der Waals surface area contributed by atoms with Crippen molar-refractivity contribution < 1.29 is 5.11 Å². The lowest BCUT2D eigenvalue weighted by Crippen LogP contribution is -2.55.